The van der Waals surface area contributed by atoms with Crippen molar-refractivity contribution in [2.75, 3.05) is 11.9 Å². The molecule has 1 aliphatic rings. The summed E-state index contributed by atoms with van der Waals surface area (Å²) in [7, 11) is 0. The minimum absolute atomic E-state index is 0.0122. The van der Waals surface area contributed by atoms with E-state index < -0.39 is 0 Å². The first kappa shape index (κ1) is 8.65. The van der Waals surface area contributed by atoms with Crippen LogP contribution in [0.1, 0.15) is 24.5 Å². The maximum Gasteiger partial charge on any atom is 0.239 e. The van der Waals surface area contributed by atoms with E-state index in [2.05, 4.69) is 10.3 Å². The topological polar surface area (TPSA) is 68.0 Å². The number of thiazole rings is 1. The van der Waals surface area contributed by atoms with Gasteiger partial charge in [-0.15, -0.1) is 11.3 Å². The number of anilines is 1. The Labute approximate surface area is 80.2 Å². The number of hydrogen-bond acceptors (Lipinski definition) is 4. The zero-order valence-corrected chi connectivity index (χ0v) is 7.93. The molecule has 1 heterocycles. The molecule has 0 saturated heterocycles. The highest BCUT2D eigenvalue weighted by atomic mass is 32.1. The van der Waals surface area contributed by atoms with Gasteiger partial charge in [-0.2, -0.15) is 0 Å². The van der Waals surface area contributed by atoms with Crippen LogP contribution in [0.3, 0.4) is 0 Å². The first-order chi connectivity index (χ1) is 6.29. The van der Waals surface area contributed by atoms with Gasteiger partial charge in [0.1, 0.15) is 0 Å². The van der Waals surface area contributed by atoms with Gasteiger partial charge in [0.2, 0.25) is 5.91 Å². The zero-order valence-electron chi connectivity index (χ0n) is 7.12. The van der Waals surface area contributed by atoms with Crippen LogP contribution in [-0.2, 0) is 4.79 Å². The molecule has 0 aromatic carbocycles. The standard InChI is InChI=1S/C8H11N3OS/c9-3-7(12)11-8-10-6(4-13-8)5-1-2-5/h4-5H,1-3,9H2,(H,10,11,12). The lowest BCUT2D eigenvalue weighted by atomic mass is 10.3. The summed E-state index contributed by atoms with van der Waals surface area (Å²) in [5.74, 6) is 0.455. The molecular weight excluding hydrogens is 186 g/mol. The molecule has 0 bridgehead atoms. The summed E-state index contributed by atoms with van der Waals surface area (Å²) in [5.41, 5.74) is 6.27. The van der Waals surface area contributed by atoms with Gasteiger partial charge in [-0.05, 0) is 12.8 Å². The van der Waals surface area contributed by atoms with Gasteiger partial charge in [0, 0.05) is 11.3 Å². The lowest BCUT2D eigenvalue weighted by Crippen LogP contribution is -2.21. The second kappa shape index (κ2) is 3.43. The van der Waals surface area contributed by atoms with E-state index in [4.69, 9.17) is 5.73 Å². The number of nitrogens with one attached hydrogen (secondary N) is 1. The van der Waals surface area contributed by atoms with Gasteiger partial charge in [0.25, 0.3) is 0 Å². The molecule has 0 aliphatic heterocycles. The van der Waals surface area contributed by atoms with E-state index in [1.165, 1.54) is 24.2 Å². The predicted octanol–water partition coefficient (Wildman–Crippen LogP) is 0.918. The van der Waals surface area contributed by atoms with Crippen LogP contribution in [0, 0.1) is 0 Å². The number of hydrogen-bond donors (Lipinski definition) is 2. The van der Waals surface area contributed by atoms with Crippen molar-refractivity contribution >= 4 is 22.4 Å². The van der Waals surface area contributed by atoms with Crippen LogP contribution in [0.25, 0.3) is 0 Å². The van der Waals surface area contributed by atoms with Gasteiger partial charge >= 0.3 is 0 Å². The highest BCUT2D eigenvalue weighted by Gasteiger charge is 2.26. The SMILES string of the molecule is NCC(=O)Nc1nc(C2CC2)cs1. The second-order valence-corrected chi connectivity index (χ2v) is 3.96. The molecule has 2 rings (SSSR count). The summed E-state index contributed by atoms with van der Waals surface area (Å²) in [5, 5.41) is 5.31. The molecule has 0 unspecified atom stereocenters. The largest absolute Gasteiger partial charge is 0.322 e. The molecule has 3 N–H and O–H groups in total. The average molecular weight is 197 g/mol. The third-order valence-corrected chi connectivity index (χ3v) is 2.73. The molecule has 1 aromatic rings. The van der Waals surface area contributed by atoms with Crippen LogP contribution in [0.4, 0.5) is 5.13 Å². The maximum absolute atomic E-state index is 10.9. The molecular formula is C8H11N3OS. The highest BCUT2D eigenvalue weighted by molar-refractivity contribution is 7.13. The average Bonchev–Trinajstić information content (AvgIpc) is 2.88. The quantitative estimate of drug-likeness (QED) is 0.757. The molecule has 1 saturated carbocycles. The third-order valence-electron chi connectivity index (χ3n) is 1.95. The Morgan fingerprint density at radius 3 is 3.15 bits per heavy atom. The van der Waals surface area contributed by atoms with Crippen LogP contribution < -0.4 is 11.1 Å². The number of amides is 1. The van der Waals surface area contributed by atoms with E-state index in [1.54, 1.807) is 0 Å². The van der Waals surface area contributed by atoms with Crippen molar-refractivity contribution in [3.63, 3.8) is 0 Å². The lowest BCUT2D eigenvalue weighted by molar-refractivity contribution is -0.114. The van der Waals surface area contributed by atoms with Crippen molar-refractivity contribution in [3.05, 3.63) is 11.1 Å². The van der Waals surface area contributed by atoms with Crippen LogP contribution in [-0.4, -0.2) is 17.4 Å². The van der Waals surface area contributed by atoms with Crippen LogP contribution in [0.5, 0.6) is 0 Å². The Balaban J connectivity index is 2.00. The van der Waals surface area contributed by atoms with Gasteiger partial charge in [-0.1, -0.05) is 0 Å². The lowest BCUT2D eigenvalue weighted by Gasteiger charge is -1.96. The fraction of sp³-hybridized carbons (Fsp3) is 0.500. The normalized spacial score (nSPS) is 15.8. The molecule has 1 amide bonds. The first-order valence-corrected chi connectivity index (χ1v) is 5.13. The summed E-state index contributed by atoms with van der Waals surface area (Å²) < 4.78 is 0. The minimum Gasteiger partial charge on any atom is -0.322 e. The Hall–Kier alpha value is -0.940. The predicted molar refractivity (Wildman–Crippen MR) is 51.8 cm³/mol. The van der Waals surface area contributed by atoms with Crippen molar-refractivity contribution in [1.82, 2.24) is 4.98 Å². The molecule has 1 fully saturated rings. The minimum atomic E-state index is -0.184. The first-order valence-electron chi connectivity index (χ1n) is 4.25. The van der Waals surface area contributed by atoms with Gasteiger partial charge in [0.15, 0.2) is 5.13 Å². The molecule has 0 spiro atoms. The Morgan fingerprint density at radius 1 is 1.77 bits per heavy atom. The van der Waals surface area contributed by atoms with Crippen molar-refractivity contribution in [3.8, 4) is 0 Å². The monoisotopic (exact) mass is 197 g/mol. The van der Waals surface area contributed by atoms with E-state index in [0.717, 1.165) is 5.69 Å². The highest BCUT2D eigenvalue weighted by Crippen LogP contribution is 2.40. The summed E-state index contributed by atoms with van der Waals surface area (Å²) in [4.78, 5) is 15.2. The van der Waals surface area contributed by atoms with Gasteiger partial charge < -0.3 is 11.1 Å². The number of carbonyl (C=O) groups excluding carboxylic acids is 1. The van der Waals surface area contributed by atoms with E-state index in [9.17, 15) is 4.79 Å². The summed E-state index contributed by atoms with van der Waals surface area (Å²) in [6.45, 7) is 0.0122. The van der Waals surface area contributed by atoms with Crippen LogP contribution in [0.15, 0.2) is 5.38 Å². The van der Waals surface area contributed by atoms with Crippen molar-refractivity contribution in [2.24, 2.45) is 5.73 Å². The Bertz CT molecular complexity index is 319. The summed E-state index contributed by atoms with van der Waals surface area (Å²) >= 11 is 1.46. The van der Waals surface area contributed by atoms with Crippen molar-refractivity contribution < 1.29 is 4.79 Å². The number of rotatable bonds is 3. The number of carbonyl (C=O) groups is 1. The molecule has 1 aromatic heterocycles. The Kier molecular flexibility index (Phi) is 2.28. The van der Waals surface area contributed by atoms with E-state index in [-0.39, 0.29) is 12.5 Å². The number of nitrogens with zero attached hydrogens (tertiary/aromatic N) is 1. The van der Waals surface area contributed by atoms with Gasteiger partial charge in [-0.25, -0.2) is 4.98 Å². The molecule has 0 radical (unpaired) electrons. The third kappa shape index (κ3) is 2.05. The Morgan fingerprint density at radius 2 is 2.54 bits per heavy atom. The molecule has 4 nitrogen and oxygen atoms in total. The smallest absolute Gasteiger partial charge is 0.239 e. The van der Waals surface area contributed by atoms with Crippen molar-refractivity contribution in [2.45, 2.75) is 18.8 Å². The zero-order chi connectivity index (χ0) is 9.26. The van der Waals surface area contributed by atoms with Crippen molar-refractivity contribution in [1.29, 1.82) is 0 Å². The maximum atomic E-state index is 10.9. The summed E-state index contributed by atoms with van der Waals surface area (Å²) in [6, 6.07) is 0. The number of aromatic nitrogens is 1. The molecule has 13 heavy (non-hydrogen) atoms. The molecule has 70 valence electrons. The fourth-order valence-corrected chi connectivity index (χ4v) is 1.89. The molecule has 1 aliphatic carbocycles. The molecule has 0 atom stereocenters. The van der Waals surface area contributed by atoms with Crippen LogP contribution in [0.2, 0.25) is 0 Å². The van der Waals surface area contributed by atoms with Gasteiger partial charge in [0.05, 0.1) is 12.2 Å². The second-order valence-electron chi connectivity index (χ2n) is 3.10. The van der Waals surface area contributed by atoms with Gasteiger partial charge in [-0.3, -0.25) is 4.79 Å². The van der Waals surface area contributed by atoms with E-state index >= 15 is 0 Å². The fourth-order valence-electron chi connectivity index (χ4n) is 1.08. The summed E-state index contributed by atoms with van der Waals surface area (Å²) in [6.07, 6.45) is 2.46. The van der Waals surface area contributed by atoms with E-state index in [0.29, 0.717) is 11.0 Å². The number of nitrogens with two attached hydrogens (primary N) is 1. The van der Waals surface area contributed by atoms with Crippen LogP contribution >= 0.6 is 11.3 Å². The molecule has 5 heteroatoms. The van der Waals surface area contributed by atoms with E-state index in [1.807, 2.05) is 5.38 Å².